The topological polar surface area (TPSA) is 84.6 Å². The number of nitro benzene ring substituents is 1. The second-order valence-electron chi connectivity index (χ2n) is 4.54. The fourth-order valence-electron chi connectivity index (χ4n) is 1.77. The molecule has 1 aliphatic heterocycles. The third-order valence-corrected chi connectivity index (χ3v) is 5.22. The number of carbonyl (C=O) groups excluding carboxylic acids is 1. The van der Waals surface area contributed by atoms with Crippen LogP contribution in [0.5, 0.6) is 0 Å². The molecular weight excluding hydrogens is 310 g/mol. The molecule has 1 amide bonds. The molecule has 0 spiro atoms. The van der Waals surface area contributed by atoms with Crippen LogP contribution in [0.2, 0.25) is 0 Å². The maximum absolute atomic E-state index is 11.9. The molecule has 2 rings (SSSR count). The number of thioether (sulfide) groups is 2. The highest BCUT2D eigenvalue weighted by atomic mass is 32.2. The first kappa shape index (κ1) is 15.8. The summed E-state index contributed by atoms with van der Waals surface area (Å²) >= 11 is 2.99. The maximum Gasteiger partial charge on any atom is 0.293 e. The predicted molar refractivity (Wildman–Crippen MR) is 88.4 cm³/mol. The zero-order valence-electron chi connectivity index (χ0n) is 11.7. The predicted octanol–water partition coefficient (Wildman–Crippen LogP) is 2.99. The summed E-state index contributed by atoms with van der Waals surface area (Å²) in [5, 5.41) is 13.7. The molecule has 0 unspecified atom stereocenters. The van der Waals surface area contributed by atoms with Gasteiger partial charge in [-0.25, -0.2) is 0 Å². The lowest BCUT2D eigenvalue weighted by Gasteiger charge is -2.08. The van der Waals surface area contributed by atoms with Crippen LogP contribution in [0.3, 0.4) is 0 Å². The number of aliphatic imine (C=N–C) groups is 1. The Morgan fingerprint density at radius 1 is 1.48 bits per heavy atom. The zero-order valence-corrected chi connectivity index (χ0v) is 13.3. The monoisotopic (exact) mass is 325 g/mol. The van der Waals surface area contributed by atoms with Crippen LogP contribution in [0.15, 0.2) is 17.1 Å². The maximum atomic E-state index is 11.9. The second-order valence-corrected chi connectivity index (χ2v) is 6.85. The van der Waals surface area contributed by atoms with Gasteiger partial charge in [-0.3, -0.25) is 19.9 Å². The lowest BCUT2D eigenvalue weighted by atomic mass is 10.1. The van der Waals surface area contributed by atoms with Crippen LogP contribution in [0.1, 0.15) is 11.1 Å². The first-order valence-electron chi connectivity index (χ1n) is 6.33. The van der Waals surface area contributed by atoms with Crippen LogP contribution in [0, 0.1) is 24.0 Å². The van der Waals surface area contributed by atoms with E-state index in [9.17, 15) is 14.9 Å². The number of aryl methyl sites for hydroxylation is 2. The number of nitrogens with one attached hydrogen (secondary N) is 1. The fourth-order valence-corrected chi connectivity index (χ4v) is 3.58. The number of hydrogen-bond donors (Lipinski definition) is 1. The number of nitrogens with zero attached hydrogens (tertiary/aromatic N) is 2. The van der Waals surface area contributed by atoms with Crippen LogP contribution in [-0.4, -0.2) is 33.3 Å². The van der Waals surface area contributed by atoms with E-state index in [0.29, 0.717) is 0 Å². The normalized spacial score (nSPS) is 13.9. The van der Waals surface area contributed by atoms with Crippen molar-refractivity contribution in [2.24, 2.45) is 4.99 Å². The Labute approximate surface area is 130 Å². The zero-order chi connectivity index (χ0) is 15.4. The quantitative estimate of drug-likeness (QED) is 0.679. The largest absolute Gasteiger partial charge is 0.320 e. The molecule has 1 aliphatic rings. The minimum Gasteiger partial charge on any atom is -0.320 e. The van der Waals surface area contributed by atoms with E-state index in [1.807, 2.05) is 6.92 Å². The Morgan fingerprint density at radius 2 is 2.19 bits per heavy atom. The Balaban J connectivity index is 2.05. The van der Waals surface area contributed by atoms with Gasteiger partial charge in [-0.1, -0.05) is 23.5 Å². The van der Waals surface area contributed by atoms with Crippen LogP contribution in [0.4, 0.5) is 11.4 Å². The van der Waals surface area contributed by atoms with Crippen molar-refractivity contribution in [1.82, 2.24) is 0 Å². The number of hydrogen-bond acceptors (Lipinski definition) is 6. The average Bonchev–Trinajstić information content (AvgIpc) is 2.93. The van der Waals surface area contributed by atoms with Gasteiger partial charge in [0.25, 0.3) is 5.69 Å². The molecule has 8 heteroatoms. The molecule has 0 atom stereocenters. The molecule has 0 saturated heterocycles. The number of carbonyl (C=O) groups is 1. The molecule has 0 saturated carbocycles. The van der Waals surface area contributed by atoms with E-state index in [1.54, 1.807) is 24.8 Å². The summed E-state index contributed by atoms with van der Waals surface area (Å²) in [4.78, 5) is 26.7. The van der Waals surface area contributed by atoms with Crippen molar-refractivity contribution < 1.29 is 9.72 Å². The van der Waals surface area contributed by atoms with E-state index < -0.39 is 4.92 Å². The molecule has 6 nitrogen and oxygen atoms in total. The molecule has 1 heterocycles. The van der Waals surface area contributed by atoms with Crippen molar-refractivity contribution in [3.8, 4) is 0 Å². The smallest absolute Gasteiger partial charge is 0.293 e. The lowest BCUT2D eigenvalue weighted by Crippen LogP contribution is -2.16. The molecule has 0 aliphatic carbocycles. The fraction of sp³-hybridized carbons (Fsp3) is 0.385. The Kier molecular flexibility index (Phi) is 5.24. The van der Waals surface area contributed by atoms with E-state index in [0.717, 1.165) is 27.8 Å². The van der Waals surface area contributed by atoms with Crippen molar-refractivity contribution in [2.45, 2.75) is 13.8 Å². The summed E-state index contributed by atoms with van der Waals surface area (Å²) < 4.78 is 0.903. The van der Waals surface area contributed by atoms with Crippen LogP contribution in [0.25, 0.3) is 0 Å². The number of nitro groups is 1. The van der Waals surface area contributed by atoms with Gasteiger partial charge in [0.2, 0.25) is 5.91 Å². The lowest BCUT2D eigenvalue weighted by molar-refractivity contribution is -0.384. The third kappa shape index (κ3) is 4.21. The van der Waals surface area contributed by atoms with Crippen LogP contribution < -0.4 is 5.32 Å². The first-order chi connectivity index (χ1) is 9.97. The summed E-state index contributed by atoms with van der Waals surface area (Å²) in [6.45, 7) is 4.45. The van der Waals surface area contributed by atoms with Crippen LogP contribution >= 0.6 is 23.5 Å². The van der Waals surface area contributed by atoms with E-state index in [1.165, 1.54) is 17.8 Å². The van der Waals surface area contributed by atoms with E-state index in [2.05, 4.69) is 10.3 Å². The van der Waals surface area contributed by atoms with Crippen molar-refractivity contribution in [3.63, 3.8) is 0 Å². The number of rotatable bonds is 4. The van der Waals surface area contributed by atoms with Crippen molar-refractivity contribution in [2.75, 3.05) is 23.4 Å². The van der Waals surface area contributed by atoms with E-state index >= 15 is 0 Å². The highest BCUT2D eigenvalue weighted by Gasteiger charge is 2.18. The summed E-state index contributed by atoms with van der Waals surface area (Å²) in [5.41, 5.74) is 1.89. The highest BCUT2D eigenvalue weighted by Crippen LogP contribution is 2.28. The number of anilines is 1. The first-order valence-corrected chi connectivity index (χ1v) is 8.30. The minimum atomic E-state index is -0.480. The van der Waals surface area contributed by atoms with Crippen molar-refractivity contribution in [3.05, 3.63) is 33.4 Å². The third-order valence-electron chi connectivity index (χ3n) is 2.97. The van der Waals surface area contributed by atoms with Gasteiger partial charge in [-0.15, -0.1) is 0 Å². The molecule has 21 heavy (non-hydrogen) atoms. The van der Waals surface area contributed by atoms with Gasteiger partial charge < -0.3 is 5.32 Å². The van der Waals surface area contributed by atoms with Gasteiger partial charge in [0.15, 0.2) is 0 Å². The SMILES string of the molecule is Cc1cc(NC(=O)CSC2=NCCS2)c([N+](=O)[O-])cc1C. The second kappa shape index (κ2) is 6.95. The standard InChI is InChI=1S/C13H15N3O3S2/c1-8-5-10(11(16(18)19)6-9(8)2)15-12(17)7-21-13-14-3-4-20-13/h5-6H,3-4,7H2,1-2H3,(H,15,17). The van der Waals surface area contributed by atoms with Gasteiger partial charge in [-0.2, -0.15) is 0 Å². The minimum absolute atomic E-state index is 0.0796. The van der Waals surface area contributed by atoms with Crippen LogP contribution in [-0.2, 0) is 4.79 Å². The summed E-state index contributed by atoms with van der Waals surface area (Å²) in [5.74, 6) is 0.893. The molecular formula is C13H15N3O3S2. The van der Waals surface area contributed by atoms with Gasteiger partial charge >= 0.3 is 0 Å². The van der Waals surface area contributed by atoms with Gasteiger partial charge in [0.05, 0.1) is 17.2 Å². The molecule has 0 radical (unpaired) electrons. The molecule has 1 aromatic carbocycles. The number of amides is 1. The molecule has 1 aromatic rings. The molecule has 1 N–H and O–H groups in total. The van der Waals surface area contributed by atoms with Crippen molar-refractivity contribution in [1.29, 1.82) is 0 Å². The highest BCUT2D eigenvalue weighted by molar-refractivity contribution is 8.39. The Morgan fingerprint density at radius 3 is 2.81 bits per heavy atom. The Hall–Kier alpha value is -1.54. The Bertz CT molecular complexity index is 617. The van der Waals surface area contributed by atoms with E-state index in [-0.39, 0.29) is 23.0 Å². The number of benzene rings is 1. The van der Waals surface area contributed by atoms with Gasteiger partial charge in [0.1, 0.15) is 10.1 Å². The van der Waals surface area contributed by atoms with Gasteiger partial charge in [-0.05, 0) is 31.0 Å². The summed E-state index contributed by atoms with van der Waals surface area (Å²) in [7, 11) is 0. The molecule has 112 valence electrons. The average molecular weight is 325 g/mol. The molecule has 0 aromatic heterocycles. The molecule has 0 fully saturated rings. The summed E-state index contributed by atoms with van der Waals surface area (Å²) in [6, 6.07) is 3.12. The molecule has 0 bridgehead atoms. The van der Waals surface area contributed by atoms with Gasteiger partial charge in [0, 0.05) is 11.8 Å². The summed E-state index contributed by atoms with van der Waals surface area (Å²) in [6.07, 6.45) is 0. The van der Waals surface area contributed by atoms with E-state index in [4.69, 9.17) is 0 Å². The van der Waals surface area contributed by atoms with Crippen molar-refractivity contribution >= 4 is 45.2 Å².